The van der Waals surface area contributed by atoms with Crippen LogP contribution in [0.25, 0.3) is 0 Å². The summed E-state index contributed by atoms with van der Waals surface area (Å²) >= 11 is 4.89. The Bertz CT molecular complexity index is 249. The van der Waals surface area contributed by atoms with Crippen molar-refractivity contribution in [2.24, 2.45) is 17.1 Å². The van der Waals surface area contributed by atoms with Gasteiger partial charge in [0.1, 0.15) is 0 Å². The van der Waals surface area contributed by atoms with Crippen molar-refractivity contribution >= 4 is 23.1 Å². The van der Waals surface area contributed by atoms with Crippen LogP contribution in [0.1, 0.15) is 34.1 Å². The Hall–Kier alpha value is -0.640. The molecule has 3 nitrogen and oxygen atoms in total. The average Bonchev–Trinajstić information content (AvgIpc) is 2.12. The Kier molecular flexibility index (Phi) is 5.21. The molecule has 88 valence electrons. The number of amides is 1. The van der Waals surface area contributed by atoms with E-state index in [1.807, 2.05) is 0 Å². The van der Waals surface area contributed by atoms with Crippen LogP contribution in [0.5, 0.6) is 0 Å². The van der Waals surface area contributed by atoms with Gasteiger partial charge in [0.25, 0.3) is 0 Å². The van der Waals surface area contributed by atoms with Crippen LogP contribution in [0, 0.1) is 11.3 Å². The Morgan fingerprint density at radius 2 is 1.93 bits per heavy atom. The summed E-state index contributed by atoms with van der Waals surface area (Å²) in [5.74, 6) is 0.587. The smallest absolute Gasteiger partial charge is 0.234 e. The van der Waals surface area contributed by atoms with Crippen molar-refractivity contribution in [1.29, 1.82) is 0 Å². The third-order valence-corrected chi connectivity index (χ3v) is 3.05. The van der Waals surface area contributed by atoms with Gasteiger partial charge in [-0.15, -0.1) is 0 Å². The summed E-state index contributed by atoms with van der Waals surface area (Å²) in [4.78, 5) is 13.9. The van der Waals surface area contributed by atoms with E-state index >= 15 is 0 Å². The molecule has 0 aliphatic rings. The lowest BCUT2D eigenvalue weighted by Crippen LogP contribution is -2.46. The fourth-order valence-corrected chi connectivity index (χ4v) is 1.22. The van der Waals surface area contributed by atoms with Crippen LogP contribution in [0.15, 0.2) is 0 Å². The minimum Gasteiger partial charge on any atom is -0.392 e. The lowest BCUT2D eigenvalue weighted by molar-refractivity contribution is -0.135. The van der Waals surface area contributed by atoms with Crippen LogP contribution in [-0.2, 0) is 4.79 Å². The van der Waals surface area contributed by atoms with Gasteiger partial charge in [-0.1, -0.05) is 26.1 Å². The summed E-state index contributed by atoms with van der Waals surface area (Å²) in [6.45, 7) is 8.56. The zero-order chi connectivity index (χ0) is 12.2. The minimum absolute atomic E-state index is 0.00403. The van der Waals surface area contributed by atoms with Gasteiger partial charge in [-0.3, -0.25) is 4.79 Å². The molecule has 0 aliphatic heterocycles. The van der Waals surface area contributed by atoms with E-state index in [4.69, 9.17) is 18.0 Å². The number of thiocarbonyl (C=S) groups is 1. The predicted molar refractivity (Wildman–Crippen MR) is 67.7 cm³/mol. The highest BCUT2D eigenvalue weighted by atomic mass is 32.1. The zero-order valence-electron chi connectivity index (χ0n) is 10.3. The molecule has 0 spiro atoms. The first-order valence-corrected chi connectivity index (χ1v) is 5.66. The maximum absolute atomic E-state index is 12.0. The number of hydrogen-bond donors (Lipinski definition) is 1. The molecule has 0 saturated carbocycles. The highest BCUT2D eigenvalue weighted by molar-refractivity contribution is 7.80. The summed E-state index contributed by atoms with van der Waals surface area (Å²) in [6.07, 6.45) is 0.996. The predicted octanol–water partition coefficient (Wildman–Crippen LogP) is 1.80. The fraction of sp³-hybridized carbons (Fsp3) is 0.818. The molecule has 0 aromatic heterocycles. The largest absolute Gasteiger partial charge is 0.392 e. The van der Waals surface area contributed by atoms with E-state index in [0.717, 1.165) is 13.0 Å². The molecule has 0 aromatic carbocycles. The molecule has 0 saturated heterocycles. The number of carbonyl (C=O) groups excluding carboxylic acids is 1. The maximum atomic E-state index is 12.0. The van der Waals surface area contributed by atoms with Crippen molar-refractivity contribution in [2.45, 2.75) is 34.1 Å². The second kappa shape index (κ2) is 5.45. The number of carbonyl (C=O) groups is 1. The van der Waals surface area contributed by atoms with Gasteiger partial charge in [-0.05, 0) is 26.2 Å². The molecule has 0 aromatic rings. The molecular weight excluding hydrogens is 208 g/mol. The third-order valence-electron chi connectivity index (χ3n) is 2.54. The van der Waals surface area contributed by atoms with Gasteiger partial charge >= 0.3 is 0 Å². The second-order valence-electron chi connectivity index (χ2n) is 4.90. The fourth-order valence-electron chi connectivity index (χ4n) is 1.14. The maximum Gasteiger partial charge on any atom is 0.234 e. The summed E-state index contributed by atoms with van der Waals surface area (Å²) in [6, 6.07) is 0. The van der Waals surface area contributed by atoms with E-state index in [0.29, 0.717) is 5.92 Å². The van der Waals surface area contributed by atoms with Gasteiger partial charge in [0.2, 0.25) is 5.91 Å². The van der Waals surface area contributed by atoms with Crippen molar-refractivity contribution in [3.8, 4) is 0 Å². The van der Waals surface area contributed by atoms with Crippen LogP contribution in [0.2, 0.25) is 0 Å². The molecule has 15 heavy (non-hydrogen) atoms. The van der Waals surface area contributed by atoms with Gasteiger partial charge < -0.3 is 10.6 Å². The summed E-state index contributed by atoms with van der Waals surface area (Å²) in [5, 5.41) is 0. The van der Waals surface area contributed by atoms with Crippen molar-refractivity contribution in [1.82, 2.24) is 4.90 Å². The Balaban J connectivity index is 4.38. The average molecular weight is 230 g/mol. The molecule has 0 rings (SSSR count). The highest BCUT2D eigenvalue weighted by Crippen LogP contribution is 2.19. The number of nitrogens with zero attached hydrogens (tertiary/aromatic N) is 1. The van der Waals surface area contributed by atoms with E-state index in [-0.39, 0.29) is 10.9 Å². The minimum atomic E-state index is -0.735. The molecule has 2 N–H and O–H groups in total. The highest BCUT2D eigenvalue weighted by Gasteiger charge is 2.33. The Morgan fingerprint density at radius 1 is 1.47 bits per heavy atom. The normalized spacial score (nSPS) is 11.6. The molecule has 4 heteroatoms. The first kappa shape index (κ1) is 14.4. The molecule has 0 unspecified atom stereocenters. The number of hydrogen-bond acceptors (Lipinski definition) is 2. The lowest BCUT2D eigenvalue weighted by atomic mass is 9.91. The molecular formula is C11H22N2OS. The van der Waals surface area contributed by atoms with Gasteiger partial charge in [-0.2, -0.15) is 0 Å². The zero-order valence-corrected chi connectivity index (χ0v) is 11.1. The SMILES string of the molecule is CC(C)CCN(C)C(=O)C(C)(C)C(N)=S. The van der Waals surface area contributed by atoms with Gasteiger partial charge in [0, 0.05) is 13.6 Å². The lowest BCUT2D eigenvalue weighted by Gasteiger charge is -2.28. The second-order valence-corrected chi connectivity index (χ2v) is 5.34. The van der Waals surface area contributed by atoms with Crippen molar-refractivity contribution in [3.05, 3.63) is 0 Å². The summed E-state index contributed by atoms with van der Waals surface area (Å²) in [7, 11) is 1.80. The van der Waals surface area contributed by atoms with E-state index in [1.165, 1.54) is 0 Å². The molecule has 0 aliphatic carbocycles. The molecule has 1 amide bonds. The van der Waals surface area contributed by atoms with E-state index in [2.05, 4.69) is 13.8 Å². The van der Waals surface area contributed by atoms with E-state index in [1.54, 1.807) is 25.8 Å². The number of nitrogens with two attached hydrogens (primary N) is 1. The Labute approximate surface area is 98.0 Å². The first-order chi connectivity index (χ1) is 6.69. The summed E-state index contributed by atoms with van der Waals surface area (Å²) < 4.78 is 0. The summed E-state index contributed by atoms with van der Waals surface area (Å²) in [5.41, 5.74) is 4.81. The Morgan fingerprint density at radius 3 is 2.27 bits per heavy atom. The van der Waals surface area contributed by atoms with Crippen LogP contribution >= 0.6 is 12.2 Å². The molecule has 0 atom stereocenters. The van der Waals surface area contributed by atoms with E-state index < -0.39 is 5.41 Å². The van der Waals surface area contributed by atoms with Crippen LogP contribution in [0.3, 0.4) is 0 Å². The van der Waals surface area contributed by atoms with Crippen molar-refractivity contribution < 1.29 is 4.79 Å². The topological polar surface area (TPSA) is 46.3 Å². The van der Waals surface area contributed by atoms with Crippen molar-refractivity contribution in [3.63, 3.8) is 0 Å². The van der Waals surface area contributed by atoms with Gasteiger partial charge in [-0.25, -0.2) is 0 Å². The van der Waals surface area contributed by atoms with Gasteiger partial charge in [0.15, 0.2) is 0 Å². The number of rotatable bonds is 5. The van der Waals surface area contributed by atoms with Gasteiger partial charge in [0.05, 0.1) is 10.4 Å². The standard InChI is InChI=1S/C11H22N2OS/c1-8(2)6-7-13(5)10(14)11(3,4)9(12)15/h8H,6-7H2,1-5H3,(H2,12,15). The van der Waals surface area contributed by atoms with Crippen LogP contribution in [0.4, 0.5) is 0 Å². The molecule has 0 bridgehead atoms. The molecule has 0 radical (unpaired) electrons. The third kappa shape index (κ3) is 4.16. The molecule has 0 heterocycles. The van der Waals surface area contributed by atoms with Crippen LogP contribution < -0.4 is 5.73 Å². The van der Waals surface area contributed by atoms with Crippen LogP contribution in [-0.4, -0.2) is 29.4 Å². The monoisotopic (exact) mass is 230 g/mol. The van der Waals surface area contributed by atoms with Crippen molar-refractivity contribution in [2.75, 3.05) is 13.6 Å². The quantitative estimate of drug-likeness (QED) is 0.733. The first-order valence-electron chi connectivity index (χ1n) is 5.25. The van der Waals surface area contributed by atoms with E-state index in [9.17, 15) is 4.79 Å². The molecule has 0 fully saturated rings.